The molecule has 0 saturated carbocycles. The maximum absolute atomic E-state index is 6.18. The Morgan fingerprint density at radius 2 is 2.05 bits per heavy atom. The highest BCUT2D eigenvalue weighted by molar-refractivity contribution is 6.29. The minimum Gasteiger partial charge on any atom is -0.484 e. The van der Waals surface area contributed by atoms with Crippen molar-refractivity contribution in [2.24, 2.45) is 5.92 Å². The summed E-state index contributed by atoms with van der Waals surface area (Å²) < 4.78 is 6.18. The Labute approximate surface area is 123 Å². The van der Waals surface area contributed by atoms with Crippen molar-refractivity contribution in [1.29, 1.82) is 0 Å². The third kappa shape index (κ3) is 3.11. The van der Waals surface area contributed by atoms with Crippen LogP contribution in [0.4, 0.5) is 0 Å². The second kappa shape index (κ2) is 6.25. The molecular weight excluding hydrogens is 272 g/mol. The SMILES string of the molecule is Clc1ccc(OC(c2ccccc2)[C@H]2CCNC2)cn1. The summed E-state index contributed by atoms with van der Waals surface area (Å²) in [6.45, 7) is 2.04. The van der Waals surface area contributed by atoms with E-state index < -0.39 is 0 Å². The van der Waals surface area contributed by atoms with Gasteiger partial charge in [-0.25, -0.2) is 4.98 Å². The maximum atomic E-state index is 6.18. The zero-order chi connectivity index (χ0) is 13.8. The zero-order valence-corrected chi connectivity index (χ0v) is 11.9. The molecule has 0 radical (unpaired) electrons. The normalized spacial score (nSPS) is 19.8. The van der Waals surface area contributed by atoms with Gasteiger partial charge >= 0.3 is 0 Å². The van der Waals surface area contributed by atoms with Crippen LogP contribution < -0.4 is 10.1 Å². The first-order valence-corrected chi connectivity index (χ1v) is 7.24. The van der Waals surface area contributed by atoms with E-state index in [0.717, 1.165) is 25.3 Å². The molecule has 1 aliphatic rings. The minimum atomic E-state index is 0.0502. The molecule has 1 N–H and O–H groups in total. The van der Waals surface area contributed by atoms with E-state index in [1.165, 1.54) is 5.56 Å². The monoisotopic (exact) mass is 288 g/mol. The fraction of sp³-hybridized carbons (Fsp3) is 0.312. The zero-order valence-electron chi connectivity index (χ0n) is 11.1. The predicted octanol–water partition coefficient (Wildman–Crippen LogP) is 3.46. The van der Waals surface area contributed by atoms with Gasteiger partial charge in [0, 0.05) is 12.5 Å². The molecule has 2 atom stereocenters. The van der Waals surface area contributed by atoms with E-state index >= 15 is 0 Å². The summed E-state index contributed by atoms with van der Waals surface area (Å²) in [4.78, 5) is 4.08. The van der Waals surface area contributed by atoms with Gasteiger partial charge in [-0.05, 0) is 30.7 Å². The summed E-state index contributed by atoms with van der Waals surface area (Å²) in [5, 5.41) is 3.88. The van der Waals surface area contributed by atoms with Crippen LogP contribution in [0.15, 0.2) is 48.7 Å². The smallest absolute Gasteiger partial charge is 0.138 e. The summed E-state index contributed by atoms with van der Waals surface area (Å²) in [7, 11) is 0. The molecule has 1 aliphatic heterocycles. The first-order chi connectivity index (χ1) is 9.83. The molecule has 1 aromatic carbocycles. The summed E-state index contributed by atoms with van der Waals surface area (Å²) >= 11 is 5.82. The van der Waals surface area contributed by atoms with Crippen molar-refractivity contribution in [3.63, 3.8) is 0 Å². The number of ether oxygens (including phenoxy) is 1. The molecule has 1 aromatic heterocycles. The molecule has 4 heteroatoms. The summed E-state index contributed by atoms with van der Waals surface area (Å²) in [5.41, 5.74) is 1.20. The highest BCUT2D eigenvalue weighted by atomic mass is 35.5. The molecule has 3 nitrogen and oxygen atoms in total. The number of nitrogens with zero attached hydrogens (tertiary/aromatic N) is 1. The molecule has 1 saturated heterocycles. The molecule has 2 aromatic rings. The van der Waals surface area contributed by atoms with Crippen molar-refractivity contribution in [3.8, 4) is 5.75 Å². The summed E-state index contributed by atoms with van der Waals surface area (Å²) in [6, 6.07) is 14.0. The number of pyridine rings is 1. The fourth-order valence-electron chi connectivity index (χ4n) is 2.59. The highest BCUT2D eigenvalue weighted by Crippen LogP contribution is 2.31. The van der Waals surface area contributed by atoms with Crippen LogP contribution in [0.5, 0.6) is 5.75 Å². The van der Waals surface area contributed by atoms with E-state index in [1.54, 1.807) is 12.3 Å². The molecule has 1 unspecified atom stereocenters. The Balaban J connectivity index is 1.83. The standard InChI is InChI=1S/C16H17ClN2O/c17-15-7-6-14(11-19-15)20-16(13-8-9-18-10-13)12-4-2-1-3-5-12/h1-7,11,13,16,18H,8-10H2/t13-,16?/m0/s1. The second-order valence-electron chi connectivity index (χ2n) is 5.02. The number of rotatable bonds is 4. The number of benzene rings is 1. The van der Waals surface area contributed by atoms with Gasteiger partial charge < -0.3 is 10.1 Å². The van der Waals surface area contributed by atoms with Crippen LogP contribution >= 0.6 is 11.6 Å². The van der Waals surface area contributed by atoms with Crippen molar-refractivity contribution < 1.29 is 4.74 Å². The lowest BCUT2D eigenvalue weighted by atomic mass is 9.95. The molecule has 2 heterocycles. The molecule has 0 aliphatic carbocycles. The van der Waals surface area contributed by atoms with Crippen LogP contribution in [0.2, 0.25) is 5.15 Å². The van der Waals surface area contributed by atoms with Gasteiger partial charge in [0.25, 0.3) is 0 Å². The van der Waals surface area contributed by atoms with E-state index in [9.17, 15) is 0 Å². The lowest BCUT2D eigenvalue weighted by Gasteiger charge is -2.24. The van der Waals surface area contributed by atoms with Crippen LogP contribution in [0.3, 0.4) is 0 Å². The summed E-state index contributed by atoms with van der Waals surface area (Å²) in [5.74, 6) is 1.24. The molecule has 0 spiro atoms. The number of halogens is 1. The van der Waals surface area contributed by atoms with E-state index in [4.69, 9.17) is 16.3 Å². The topological polar surface area (TPSA) is 34.1 Å². The molecule has 20 heavy (non-hydrogen) atoms. The van der Waals surface area contributed by atoms with Crippen LogP contribution in [0.25, 0.3) is 0 Å². The molecule has 0 bridgehead atoms. The number of nitrogens with one attached hydrogen (secondary N) is 1. The van der Waals surface area contributed by atoms with Gasteiger partial charge in [-0.2, -0.15) is 0 Å². The van der Waals surface area contributed by atoms with Crippen molar-refractivity contribution >= 4 is 11.6 Å². The Hall–Kier alpha value is -1.58. The van der Waals surface area contributed by atoms with Crippen molar-refractivity contribution in [3.05, 3.63) is 59.4 Å². The summed E-state index contributed by atoms with van der Waals surface area (Å²) in [6.07, 6.45) is 2.86. The van der Waals surface area contributed by atoms with Crippen LogP contribution in [-0.4, -0.2) is 18.1 Å². The number of hydrogen-bond donors (Lipinski definition) is 1. The first-order valence-electron chi connectivity index (χ1n) is 6.87. The lowest BCUT2D eigenvalue weighted by molar-refractivity contribution is 0.144. The van der Waals surface area contributed by atoms with Crippen LogP contribution in [-0.2, 0) is 0 Å². The average Bonchev–Trinajstić information content (AvgIpc) is 3.01. The molecule has 3 rings (SSSR count). The van der Waals surface area contributed by atoms with Gasteiger partial charge in [0.2, 0.25) is 0 Å². The van der Waals surface area contributed by atoms with Gasteiger partial charge in [0.1, 0.15) is 17.0 Å². The van der Waals surface area contributed by atoms with Gasteiger partial charge in [0.15, 0.2) is 0 Å². The average molecular weight is 289 g/mol. The number of aromatic nitrogens is 1. The maximum Gasteiger partial charge on any atom is 0.138 e. The van der Waals surface area contributed by atoms with Gasteiger partial charge in [-0.3, -0.25) is 0 Å². The quantitative estimate of drug-likeness (QED) is 0.875. The third-order valence-corrected chi connectivity index (χ3v) is 3.84. The Morgan fingerprint density at radius 3 is 2.70 bits per heavy atom. The van der Waals surface area contributed by atoms with Gasteiger partial charge in [-0.1, -0.05) is 41.9 Å². The Morgan fingerprint density at radius 1 is 1.20 bits per heavy atom. The Bertz CT molecular complexity index is 538. The fourth-order valence-corrected chi connectivity index (χ4v) is 2.70. The molecule has 1 fully saturated rings. The van der Waals surface area contributed by atoms with Crippen molar-refractivity contribution in [2.45, 2.75) is 12.5 Å². The lowest BCUT2D eigenvalue weighted by Crippen LogP contribution is -2.21. The highest BCUT2D eigenvalue weighted by Gasteiger charge is 2.27. The predicted molar refractivity (Wildman–Crippen MR) is 80.0 cm³/mol. The minimum absolute atomic E-state index is 0.0502. The van der Waals surface area contributed by atoms with E-state index in [-0.39, 0.29) is 6.10 Å². The van der Waals surface area contributed by atoms with E-state index in [2.05, 4.69) is 22.4 Å². The van der Waals surface area contributed by atoms with Crippen LogP contribution in [0, 0.1) is 5.92 Å². The second-order valence-corrected chi connectivity index (χ2v) is 5.41. The third-order valence-electron chi connectivity index (χ3n) is 3.62. The van der Waals surface area contributed by atoms with E-state index in [0.29, 0.717) is 11.1 Å². The molecule has 0 amide bonds. The molecule has 104 valence electrons. The first kappa shape index (κ1) is 13.4. The number of hydrogen-bond acceptors (Lipinski definition) is 3. The van der Waals surface area contributed by atoms with Gasteiger partial charge in [0.05, 0.1) is 6.20 Å². The van der Waals surface area contributed by atoms with E-state index in [1.807, 2.05) is 24.3 Å². The van der Waals surface area contributed by atoms with Crippen LogP contribution in [0.1, 0.15) is 18.1 Å². The largest absolute Gasteiger partial charge is 0.484 e. The van der Waals surface area contributed by atoms with Crippen molar-refractivity contribution in [1.82, 2.24) is 10.3 Å². The molecular formula is C16H17ClN2O. The van der Waals surface area contributed by atoms with Gasteiger partial charge in [-0.15, -0.1) is 0 Å². The van der Waals surface area contributed by atoms with Crippen molar-refractivity contribution in [2.75, 3.05) is 13.1 Å². The Kier molecular flexibility index (Phi) is 4.19.